The molecular formula is C17H25ClN4OS2. The van der Waals surface area contributed by atoms with Crippen molar-refractivity contribution < 1.29 is 4.79 Å². The van der Waals surface area contributed by atoms with E-state index in [1.54, 1.807) is 17.7 Å². The normalized spacial score (nSPS) is 20.6. The van der Waals surface area contributed by atoms with Crippen molar-refractivity contribution in [3.05, 3.63) is 16.8 Å². The molecule has 0 aromatic carbocycles. The molecule has 3 rings (SSSR count). The molecule has 5 nitrogen and oxygen atoms in total. The fourth-order valence-corrected chi connectivity index (χ4v) is 5.28. The highest BCUT2D eigenvalue weighted by atomic mass is 35.5. The Morgan fingerprint density at radius 3 is 2.92 bits per heavy atom. The summed E-state index contributed by atoms with van der Waals surface area (Å²) in [6.45, 7) is 7.79. The highest BCUT2D eigenvalue weighted by Crippen LogP contribution is 2.34. The molecule has 138 valence electrons. The van der Waals surface area contributed by atoms with E-state index in [2.05, 4.69) is 30.7 Å². The molecule has 0 aliphatic carbocycles. The predicted molar refractivity (Wildman–Crippen MR) is 108 cm³/mol. The molecule has 1 fully saturated rings. The van der Waals surface area contributed by atoms with Crippen molar-refractivity contribution >= 4 is 51.6 Å². The molecular weight excluding hydrogens is 376 g/mol. The summed E-state index contributed by atoms with van der Waals surface area (Å²) in [4.78, 5) is 25.7. The molecule has 2 aromatic heterocycles. The zero-order chi connectivity index (χ0) is 17.3. The molecule has 3 heterocycles. The van der Waals surface area contributed by atoms with Gasteiger partial charge in [0.2, 0.25) is 5.91 Å². The molecule has 2 N–H and O–H groups in total. The maximum absolute atomic E-state index is 12.7. The lowest BCUT2D eigenvalue weighted by molar-refractivity contribution is -0.132. The first-order chi connectivity index (χ1) is 11.5. The molecule has 0 bridgehead atoms. The van der Waals surface area contributed by atoms with Crippen LogP contribution in [0.3, 0.4) is 0 Å². The minimum absolute atomic E-state index is 0. The lowest BCUT2D eigenvalue weighted by Crippen LogP contribution is -2.49. The van der Waals surface area contributed by atoms with Crippen LogP contribution in [0.1, 0.15) is 30.2 Å². The van der Waals surface area contributed by atoms with Gasteiger partial charge in [0, 0.05) is 29.4 Å². The smallest absolute Gasteiger partial charge is 0.233 e. The zero-order valence-electron chi connectivity index (χ0n) is 14.8. The van der Waals surface area contributed by atoms with Crippen LogP contribution in [0.25, 0.3) is 10.2 Å². The van der Waals surface area contributed by atoms with E-state index in [-0.39, 0.29) is 24.4 Å². The van der Waals surface area contributed by atoms with Crippen LogP contribution in [0.5, 0.6) is 0 Å². The minimum atomic E-state index is 0. The number of thioether (sulfide) groups is 1. The monoisotopic (exact) mass is 400 g/mol. The SMILES string of the molecule is Cc1sc2ncnc(SCC(=O)N3CCC(C)CC3CN)c2c1C.Cl. The average molecular weight is 401 g/mol. The number of fused-ring (bicyclic) bond motifs is 1. The molecule has 1 aliphatic heterocycles. The summed E-state index contributed by atoms with van der Waals surface area (Å²) in [7, 11) is 0. The number of piperidine rings is 1. The molecule has 1 amide bonds. The fraction of sp³-hybridized carbons (Fsp3) is 0.588. The molecule has 1 saturated heterocycles. The van der Waals surface area contributed by atoms with Crippen molar-refractivity contribution in [3.63, 3.8) is 0 Å². The van der Waals surface area contributed by atoms with Gasteiger partial charge in [-0.05, 0) is 38.2 Å². The third-order valence-electron chi connectivity index (χ3n) is 4.83. The Bertz CT molecular complexity index is 752. The number of hydrogen-bond acceptors (Lipinski definition) is 6. The zero-order valence-corrected chi connectivity index (χ0v) is 17.3. The van der Waals surface area contributed by atoms with Crippen molar-refractivity contribution in [2.45, 2.75) is 44.7 Å². The van der Waals surface area contributed by atoms with Crippen molar-refractivity contribution in [3.8, 4) is 0 Å². The number of hydrogen-bond donors (Lipinski definition) is 1. The maximum atomic E-state index is 12.7. The Labute approximate surface area is 163 Å². The number of nitrogens with zero attached hydrogens (tertiary/aromatic N) is 3. The summed E-state index contributed by atoms with van der Waals surface area (Å²) in [6, 6.07) is 0.178. The van der Waals surface area contributed by atoms with Crippen LogP contribution < -0.4 is 5.73 Å². The quantitative estimate of drug-likeness (QED) is 0.628. The van der Waals surface area contributed by atoms with Crippen molar-refractivity contribution in [1.29, 1.82) is 0 Å². The number of carbonyl (C=O) groups excluding carboxylic acids is 1. The van der Waals surface area contributed by atoms with Crippen LogP contribution in [-0.4, -0.2) is 45.7 Å². The second-order valence-electron chi connectivity index (χ2n) is 6.54. The first-order valence-electron chi connectivity index (χ1n) is 8.34. The summed E-state index contributed by atoms with van der Waals surface area (Å²) in [6.07, 6.45) is 3.66. The van der Waals surface area contributed by atoms with Crippen LogP contribution in [0, 0.1) is 19.8 Å². The first-order valence-corrected chi connectivity index (χ1v) is 10.1. The topological polar surface area (TPSA) is 72.1 Å². The molecule has 1 aliphatic rings. The van der Waals surface area contributed by atoms with Gasteiger partial charge in [0.15, 0.2) is 0 Å². The fourth-order valence-electron chi connectivity index (χ4n) is 3.28. The van der Waals surface area contributed by atoms with Gasteiger partial charge >= 0.3 is 0 Å². The van der Waals surface area contributed by atoms with E-state index in [1.165, 1.54) is 22.2 Å². The third-order valence-corrected chi connectivity index (χ3v) is 6.92. The Morgan fingerprint density at radius 1 is 1.44 bits per heavy atom. The number of thiophene rings is 1. The van der Waals surface area contributed by atoms with E-state index in [0.29, 0.717) is 18.2 Å². The van der Waals surface area contributed by atoms with Gasteiger partial charge in [-0.15, -0.1) is 23.7 Å². The van der Waals surface area contributed by atoms with Crippen molar-refractivity contribution in [2.75, 3.05) is 18.8 Å². The summed E-state index contributed by atoms with van der Waals surface area (Å²) in [5, 5.41) is 2.00. The van der Waals surface area contributed by atoms with E-state index in [9.17, 15) is 4.79 Å². The van der Waals surface area contributed by atoms with Gasteiger partial charge in [-0.2, -0.15) is 0 Å². The van der Waals surface area contributed by atoms with Gasteiger partial charge in [0.1, 0.15) is 16.2 Å². The Balaban J connectivity index is 0.00000225. The van der Waals surface area contributed by atoms with Crippen molar-refractivity contribution in [1.82, 2.24) is 14.9 Å². The summed E-state index contributed by atoms with van der Waals surface area (Å²) >= 11 is 3.20. The van der Waals surface area contributed by atoms with Crippen molar-refractivity contribution in [2.24, 2.45) is 11.7 Å². The highest BCUT2D eigenvalue weighted by molar-refractivity contribution is 8.00. The Kier molecular flexibility index (Phi) is 7.08. The first kappa shape index (κ1) is 20.4. The lowest BCUT2D eigenvalue weighted by atomic mass is 9.92. The largest absolute Gasteiger partial charge is 0.338 e. The molecule has 0 radical (unpaired) electrons. The predicted octanol–water partition coefficient (Wildman–Crippen LogP) is 3.41. The number of halogens is 1. The molecule has 0 spiro atoms. The lowest BCUT2D eigenvalue weighted by Gasteiger charge is -2.38. The van der Waals surface area contributed by atoms with Crippen LogP contribution in [0.4, 0.5) is 0 Å². The number of carbonyl (C=O) groups is 1. The number of amides is 1. The number of rotatable bonds is 4. The Hall–Kier alpha value is -0.890. The number of likely N-dealkylation sites (tertiary alicyclic amines) is 1. The summed E-state index contributed by atoms with van der Waals surface area (Å²) in [5.41, 5.74) is 7.10. The van der Waals surface area contributed by atoms with Crippen LogP contribution in [0.15, 0.2) is 11.4 Å². The van der Waals surface area contributed by atoms with Gasteiger partial charge in [0.05, 0.1) is 5.75 Å². The van der Waals surface area contributed by atoms with Gasteiger partial charge in [0.25, 0.3) is 0 Å². The van der Waals surface area contributed by atoms with Gasteiger partial charge < -0.3 is 10.6 Å². The van der Waals surface area contributed by atoms with Crippen LogP contribution in [-0.2, 0) is 4.79 Å². The highest BCUT2D eigenvalue weighted by Gasteiger charge is 2.29. The number of nitrogens with two attached hydrogens (primary N) is 1. The van der Waals surface area contributed by atoms with Crippen LogP contribution >= 0.6 is 35.5 Å². The molecule has 2 unspecified atom stereocenters. The molecule has 25 heavy (non-hydrogen) atoms. The van der Waals surface area contributed by atoms with E-state index in [1.807, 2.05) is 4.90 Å². The van der Waals surface area contributed by atoms with E-state index in [0.717, 1.165) is 34.6 Å². The van der Waals surface area contributed by atoms with E-state index < -0.39 is 0 Å². The molecule has 0 saturated carbocycles. The number of aromatic nitrogens is 2. The standard InChI is InChI=1S/C17H24N4OS2.ClH/c1-10-4-5-21(13(6-10)7-18)14(22)8-23-16-15-11(2)12(3)24-17(15)20-9-19-16;/h9-10,13H,4-8,18H2,1-3H3;1H. The summed E-state index contributed by atoms with van der Waals surface area (Å²) < 4.78 is 0. The van der Waals surface area contributed by atoms with Crippen LogP contribution in [0.2, 0.25) is 0 Å². The maximum Gasteiger partial charge on any atom is 0.233 e. The molecule has 2 aromatic rings. The van der Waals surface area contributed by atoms with E-state index in [4.69, 9.17) is 5.73 Å². The molecule has 8 heteroatoms. The minimum Gasteiger partial charge on any atom is -0.338 e. The second-order valence-corrected chi connectivity index (χ2v) is 8.70. The second kappa shape index (κ2) is 8.66. The molecule has 2 atom stereocenters. The van der Waals surface area contributed by atoms with E-state index >= 15 is 0 Å². The Morgan fingerprint density at radius 2 is 2.20 bits per heavy atom. The van der Waals surface area contributed by atoms with Gasteiger partial charge in [-0.1, -0.05) is 18.7 Å². The average Bonchev–Trinajstić information content (AvgIpc) is 2.87. The van der Waals surface area contributed by atoms with Gasteiger partial charge in [-0.25, -0.2) is 9.97 Å². The number of aryl methyl sites for hydroxylation is 2. The third kappa shape index (κ3) is 4.27. The summed E-state index contributed by atoms with van der Waals surface area (Å²) in [5.74, 6) is 1.22. The van der Waals surface area contributed by atoms with Gasteiger partial charge in [-0.3, -0.25) is 4.79 Å².